The number of carbonyl (C=O) groups excluding carboxylic acids is 1. The number of benzene rings is 1. The first-order valence-corrected chi connectivity index (χ1v) is 3.88. The number of halogens is 1. The van der Waals surface area contributed by atoms with Crippen LogP contribution in [-0.2, 0) is 4.79 Å². The smallest absolute Gasteiger partial charge is 0.256 e. The highest BCUT2D eigenvalue weighted by molar-refractivity contribution is 5.81. The molecule has 0 saturated carbocycles. The molecule has 0 N–H and O–H groups in total. The highest BCUT2D eigenvalue weighted by Gasteiger charge is 1.83. The Bertz CT molecular complexity index is 325. The quantitative estimate of drug-likeness (QED) is 0.393. The van der Waals surface area contributed by atoms with Gasteiger partial charge in [-0.2, -0.15) is 4.39 Å². The van der Waals surface area contributed by atoms with E-state index in [4.69, 9.17) is 0 Å². The van der Waals surface area contributed by atoms with Crippen LogP contribution in [0.15, 0.2) is 48.6 Å². The maximum atomic E-state index is 11.7. The van der Waals surface area contributed by atoms with Gasteiger partial charge >= 0.3 is 6.04 Å². The van der Waals surface area contributed by atoms with Crippen LogP contribution < -0.4 is 0 Å². The van der Waals surface area contributed by atoms with Crippen molar-refractivity contribution in [1.82, 2.24) is 0 Å². The van der Waals surface area contributed by atoms with Crippen LogP contribution in [-0.4, -0.2) is 6.04 Å². The molecule has 0 radical (unpaired) electrons. The lowest BCUT2D eigenvalue weighted by atomic mass is 10.2. The van der Waals surface area contributed by atoms with Gasteiger partial charge in [-0.3, -0.25) is 4.79 Å². The molecule has 0 saturated heterocycles. The van der Waals surface area contributed by atoms with Crippen LogP contribution in [0.4, 0.5) is 4.39 Å². The summed E-state index contributed by atoms with van der Waals surface area (Å²) in [5, 5.41) is 0. The topological polar surface area (TPSA) is 17.1 Å². The first-order valence-electron chi connectivity index (χ1n) is 3.88. The standard InChI is InChI=1S/C11H9FO/c12-11(13)9-5-4-8-10-6-2-1-3-7-10/h1-9H/b8-4+,9-5+. The van der Waals surface area contributed by atoms with Gasteiger partial charge in [0.1, 0.15) is 0 Å². The van der Waals surface area contributed by atoms with E-state index in [2.05, 4.69) is 0 Å². The highest BCUT2D eigenvalue weighted by Crippen LogP contribution is 2.00. The van der Waals surface area contributed by atoms with E-state index >= 15 is 0 Å². The Morgan fingerprint density at radius 3 is 2.46 bits per heavy atom. The van der Waals surface area contributed by atoms with E-state index in [1.165, 1.54) is 6.08 Å². The third kappa shape index (κ3) is 4.01. The molecule has 0 spiro atoms. The number of rotatable bonds is 3. The van der Waals surface area contributed by atoms with Gasteiger partial charge in [-0.05, 0) is 5.56 Å². The van der Waals surface area contributed by atoms with Crippen LogP contribution in [0.25, 0.3) is 6.08 Å². The lowest BCUT2D eigenvalue weighted by molar-refractivity contribution is -0.124. The molecule has 0 aliphatic heterocycles. The fraction of sp³-hybridized carbons (Fsp3) is 0. The van der Waals surface area contributed by atoms with Crippen molar-refractivity contribution in [2.75, 3.05) is 0 Å². The SMILES string of the molecule is O=C(F)/C=C/C=C/c1ccccc1. The molecule has 13 heavy (non-hydrogen) atoms. The molecule has 1 rings (SSSR count). The van der Waals surface area contributed by atoms with Gasteiger partial charge in [-0.1, -0.05) is 48.6 Å². The average Bonchev–Trinajstić information content (AvgIpc) is 2.14. The zero-order valence-electron chi connectivity index (χ0n) is 6.98. The second-order valence-corrected chi connectivity index (χ2v) is 2.43. The molecule has 0 heterocycles. The first kappa shape index (κ1) is 9.39. The molecule has 0 fully saturated rings. The zero-order valence-corrected chi connectivity index (χ0v) is 6.98. The van der Waals surface area contributed by atoms with Crippen LogP contribution in [0.3, 0.4) is 0 Å². The summed E-state index contributed by atoms with van der Waals surface area (Å²) >= 11 is 0. The van der Waals surface area contributed by atoms with Crippen molar-refractivity contribution in [2.45, 2.75) is 0 Å². The van der Waals surface area contributed by atoms with Crippen LogP contribution in [0.5, 0.6) is 0 Å². The summed E-state index contributed by atoms with van der Waals surface area (Å²) in [5.74, 6) is 0. The molecule has 1 nitrogen and oxygen atoms in total. The van der Waals surface area contributed by atoms with E-state index in [0.29, 0.717) is 0 Å². The van der Waals surface area contributed by atoms with Crippen molar-refractivity contribution in [3.05, 3.63) is 54.1 Å². The Hall–Kier alpha value is -1.70. The van der Waals surface area contributed by atoms with Gasteiger partial charge < -0.3 is 0 Å². The van der Waals surface area contributed by atoms with E-state index in [-0.39, 0.29) is 0 Å². The molecule has 0 aliphatic carbocycles. The van der Waals surface area contributed by atoms with Crippen LogP contribution in [0.1, 0.15) is 5.56 Å². The first-order chi connectivity index (χ1) is 6.29. The molecule has 0 aromatic heterocycles. The van der Waals surface area contributed by atoms with Crippen molar-refractivity contribution in [3.63, 3.8) is 0 Å². The lowest BCUT2D eigenvalue weighted by Gasteiger charge is -1.87. The summed E-state index contributed by atoms with van der Waals surface area (Å²) in [6.45, 7) is 0. The maximum absolute atomic E-state index is 11.7. The van der Waals surface area contributed by atoms with Gasteiger partial charge in [-0.25, -0.2) is 0 Å². The van der Waals surface area contributed by atoms with Crippen LogP contribution in [0.2, 0.25) is 0 Å². The number of allylic oxidation sites excluding steroid dienone is 3. The molecule has 0 amide bonds. The number of hydrogen-bond donors (Lipinski definition) is 0. The van der Waals surface area contributed by atoms with Crippen molar-refractivity contribution in [1.29, 1.82) is 0 Å². The van der Waals surface area contributed by atoms with Crippen LogP contribution >= 0.6 is 0 Å². The second kappa shape index (κ2) is 5.04. The summed E-state index contributed by atoms with van der Waals surface area (Å²) in [6.07, 6.45) is 5.65. The average molecular weight is 176 g/mol. The summed E-state index contributed by atoms with van der Waals surface area (Å²) in [4.78, 5) is 9.87. The molecule has 0 atom stereocenters. The largest absolute Gasteiger partial charge is 0.324 e. The van der Waals surface area contributed by atoms with Gasteiger partial charge in [0.25, 0.3) is 0 Å². The van der Waals surface area contributed by atoms with E-state index in [0.717, 1.165) is 11.6 Å². The third-order valence-corrected chi connectivity index (χ3v) is 1.43. The van der Waals surface area contributed by atoms with Crippen molar-refractivity contribution < 1.29 is 9.18 Å². The summed E-state index contributed by atoms with van der Waals surface area (Å²) < 4.78 is 11.7. The predicted octanol–water partition coefficient (Wildman–Crippen LogP) is 2.75. The Balaban J connectivity index is 2.55. The normalized spacial score (nSPS) is 11.2. The van der Waals surface area contributed by atoms with Gasteiger partial charge in [0.15, 0.2) is 0 Å². The third-order valence-electron chi connectivity index (χ3n) is 1.43. The van der Waals surface area contributed by atoms with Crippen LogP contribution in [0, 0.1) is 0 Å². The van der Waals surface area contributed by atoms with E-state index in [9.17, 15) is 9.18 Å². The molecule has 0 bridgehead atoms. The van der Waals surface area contributed by atoms with E-state index < -0.39 is 6.04 Å². The number of hydrogen-bond acceptors (Lipinski definition) is 1. The Morgan fingerprint density at radius 2 is 1.85 bits per heavy atom. The van der Waals surface area contributed by atoms with Gasteiger partial charge in [0.05, 0.1) is 0 Å². The molecular formula is C11H9FO. The van der Waals surface area contributed by atoms with E-state index in [1.54, 1.807) is 12.2 Å². The second-order valence-electron chi connectivity index (χ2n) is 2.43. The van der Waals surface area contributed by atoms with Crippen molar-refractivity contribution in [2.24, 2.45) is 0 Å². The Morgan fingerprint density at radius 1 is 1.15 bits per heavy atom. The minimum atomic E-state index is -1.43. The van der Waals surface area contributed by atoms with Gasteiger partial charge in [0, 0.05) is 6.08 Å². The molecule has 1 aromatic rings. The Labute approximate surface area is 76.2 Å². The van der Waals surface area contributed by atoms with E-state index in [1.807, 2.05) is 30.3 Å². The summed E-state index contributed by atoms with van der Waals surface area (Å²) in [7, 11) is 0. The van der Waals surface area contributed by atoms with Crippen molar-refractivity contribution >= 4 is 12.1 Å². The molecular weight excluding hydrogens is 167 g/mol. The number of carbonyl (C=O) groups is 1. The molecule has 0 unspecified atom stereocenters. The van der Waals surface area contributed by atoms with Crippen molar-refractivity contribution in [3.8, 4) is 0 Å². The molecule has 2 heteroatoms. The molecule has 66 valence electrons. The Kier molecular flexibility index (Phi) is 3.64. The molecule has 1 aromatic carbocycles. The maximum Gasteiger partial charge on any atom is 0.324 e. The van der Waals surface area contributed by atoms with Gasteiger partial charge in [0.2, 0.25) is 0 Å². The lowest BCUT2D eigenvalue weighted by Crippen LogP contribution is -1.74. The predicted molar refractivity (Wildman–Crippen MR) is 50.7 cm³/mol. The highest BCUT2D eigenvalue weighted by atomic mass is 19.1. The monoisotopic (exact) mass is 176 g/mol. The minimum absolute atomic E-state index is 0.874. The summed E-state index contributed by atoms with van der Waals surface area (Å²) in [6, 6.07) is 8.13. The fourth-order valence-electron chi connectivity index (χ4n) is 0.862. The summed E-state index contributed by atoms with van der Waals surface area (Å²) in [5.41, 5.74) is 1.01. The minimum Gasteiger partial charge on any atom is -0.256 e. The van der Waals surface area contributed by atoms with Gasteiger partial charge in [-0.15, -0.1) is 0 Å². The molecule has 0 aliphatic rings. The zero-order chi connectivity index (χ0) is 9.52. The fourth-order valence-corrected chi connectivity index (χ4v) is 0.862.